The molecule has 4 rings (SSSR count). The molecule has 1 aliphatic rings. The summed E-state index contributed by atoms with van der Waals surface area (Å²) >= 11 is 0. The van der Waals surface area contributed by atoms with Crippen molar-refractivity contribution in [2.45, 2.75) is 26.0 Å². The summed E-state index contributed by atoms with van der Waals surface area (Å²) in [6, 6.07) is 11.9. The maximum atomic E-state index is 6.07. The molecule has 1 aliphatic heterocycles. The number of nitrogens with one attached hydrogen (secondary N) is 2. The van der Waals surface area contributed by atoms with Crippen LogP contribution >= 0.6 is 0 Å². The third kappa shape index (κ3) is 3.53. The third-order valence-corrected chi connectivity index (χ3v) is 4.24. The minimum atomic E-state index is 0.124. The van der Waals surface area contributed by atoms with Crippen LogP contribution < -0.4 is 10.1 Å². The van der Waals surface area contributed by atoms with Crippen LogP contribution in [0.15, 0.2) is 47.0 Å². The number of nitrogens with zero attached hydrogens (tertiary/aromatic N) is 1. The van der Waals surface area contributed by atoms with E-state index in [9.17, 15) is 0 Å². The molecule has 0 bridgehead atoms. The number of benzene rings is 1. The van der Waals surface area contributed by atoms with Crippen LogP contribution in [-0.2, 0) is 11.3 Å². The lowest BCUT2D eigenvalue weighted by Gasteiger charge is -2.16. The van der Waals surface area contributed by atoms with Crippen LogP contribution in [0.4, 0.5) is 5.69 Å². The standard InChI is InChI=1S/C19H21N3O3/c1-13-6-7-18(24-13)19-14(11-21-22-19)10-20-16-4-2-3-5-17(16)25-15-8-9-23-12-15/h2-7,11,15,20H,8-10,12H2,1H3,(H,21,22)/t15-/m1/s1. The number of furan rings is 1. The van der Waals surface area contributed by atoms with E-state index in [-0.39, 0.29) is 6.10 Å². The van der Waals surface area contributed by atoms with Crippen molar-refractivity contribution in [2.24, 2.45) is 0 Å². The van der Waals surface area contributed by atoms with E-state index in [1.165, 1.54) is 0 Å². The van der Waals surface area contributed by atoms with Crippen molar-refractivity contribution in [2.75, 3.05) is 18.5 Å². The first-order chi connectivity index (χ1) is 12.3. The Morgan fingerprint density at radius 3 is 3.00 bits per heavy atom. The van der Waals surface area contributed by atoms with Crippen LogP contribution in [0.25, 0.3) is 11.5 Å². The number of para-hydroxylation sites is 2. The van der Waals surface area contributed by atoms with Gasteiger partial charge >= 0.3 is 0 Å². The summed E-state index contributed by atoms with van der Waals surface area (Å²) in [6.45, 7) is 3.96. The highest BCUT2D eigenvalue weighted by molar-refractivity contribution is 5.60. The number of aromatic amines is 1. The number of ether oxygens (including phenoxy) is 2. The molecule has 3 heterocycles. The first-order valence-electron chi connectivity index (χ1n) is 8.46. The predicted molar refractivity (Wildman–Crippen MR) is 94.6 cm³/mol. The van der Waals surface area contributed by atoms with Gasteiger partial charge in [-0.2, -0.15) is 5.10 Å². The lowest BCUT2D eigenvalue weighted by atomic mass is 10.2. The molecule has 130 valence electrons. The average Bonchev–Trinajstić information content (AvgIpc) is 3.35. The van der Waals surface area contributed by atoms with Crippen LogP contribution in [0.1, 0.15) is 17.7 Å². The van der Waals surface area contributed by atoms with Crippen LogP contribution in [0.2, 0.25) is 0 Å². The number of hydrogen-bond donors (Lipinski definition) is 2. The highest BCUT2D eigenvalue weighted by Crippen LogP contribution is 2.29. The van der Waals surface area contributed by atoms with Crippen molar-refractivity contribution in [3.05, 3.63) is 53.9 Å². The zero-order valence-corrected chi connectivity index (χ0v) is 14.1. The van der Waals surface area contributed by atoms with Gasteiger partial charge in [-0.05, 0) is 31.2 Å². The van der Waals surface area contributed by atoms with E-state index in [2.05, 4.69) is 15.5 Å². The molecule has 0 radical (unpaired) electrons. The van der Waals surface area contributed by atoms with E-state index in [1.54, 1.807) is 0 Å². The summed E-state index contributed by atoms with van der Waals surface area (Å²) < 4.78 is 17.1. The van der Waals surface area contributed by atoms with Gasteiger partial charge in [-0.25, -0.2) is 0 Å². The lowest BCUT2D eigenvalue weighted by molar-refractivity contribution is 0.142. The van der Waals surface area contributed by atoms with E-state index < -0.39 is 0 Å². The molecule has 2 N–H and O–H groups in total. The van der Waals surface area contributed by atoms with Crippen LogP contribution in [-0.4, -0.2) is 29.5 Å². The van der Waals surface area contributed by atoms with Crippen molar-refractivity contribution in [3.8, 4) is 17.2 Å². The van der Waals surface area contributed by atoms with Gasteiger partial charge in [0.15, 0.2) is 5.76 Å². The fourth-order valence-electron chi connectivity index (χ4n) is 2.92. The van der Waals surface area contributed by atoms with Gasteiger partial charge in [-0.3, -0.25) is 5.10 Å². The first-order valence-corrected chi connectivity index (χ1v) is 8.46. The van der Waals surface area contributed by atoms with E-state index in [4.69, 9.17) is 13.9 Å². The summed E-state index contributed by atoms with van der Waals surface area (Å²) in [5, 5.41) is 10.6. The van der Waals surface area contributed by atoms with Gasteiger partial charge in [0.25, 0.3) is 0 Å². The molecule has 2 aromatic heterocycles. The maximum absolute atomic E-state index is 6.07. The van der Waals surface area contributed by atoms with Gasteiger partial charge in [0.05, 0.1) is 25.1 Å². The largest absolute Gasteiger partial charge is 0.486 e. The average molecular weight is 339 g/mol. The zero-order chi connectivity index (χ0) is 17.1. The number of anilines is 1. The second-order valence-electron chi connectivity index (χ2n) is 6.13. The van der Waals surface area contributed by atoms with Crippen LogP contribution in [0.5, 0.6) is 5.75 Å². The normalized spacial score (nSPS) is 16.9. The predicted octanol–water partition coefficient (Wildman–Crippen LogP) is 3.76. The Kier molecular flexibility index (Phi) is 4.43. The zero-order valence-electron chi connectivity index (χ0n) is 14.1. The van der Waals surface area contributed by atoms with Gasteiger partial charge in [0.1, 0.15) is 23.3 Å². The quantitative estimate of drug-likeness (QED) is 0.715. The number of rotatable bonds is 6. The van der Waals surface area contributed by atoms with Gasteiger partial charge in [0, 0.05) is 18.5 Å². The van der Waals surface area contributed by atoms with Crippen LogP contribution in [0.3, 0.4) is 0 Å². The SMILES string of the molecule is Cc1ccc(-c2[nH]ncc2CNc2ccccc2O[C@@H]2CCOC2)o1. The molecule has 25 heavy (non-hydrogen) atoms. The Bertz CT molecular complexity index is 834. The second-order valence-corrected chi connectivity index (χ2v) is 6.13. The van der Waals surface area contributed by atoms with Gasteiger partial charge < -0.3 is 19.2 Å². The summed E-state index contributed by atoms with van der Waals surface area (Å²) in [6.07, 6.45) is 2.87. The van der Waals surface area contributed by atoms with E-state index in [0.29, 0.717) is 13.2 Å². The number of aromatic nitrogens is 2. The summed E-state index contributed by atoms with van der Waals surface area (Å²) in [5.74, 6) is 2.51. The Balaban J connectivity index is 1.48. The number of hydrogen-bond acceptors (Lipinski definition) is 5. The summed E-state index contributed by atoms with van der Waals surface area (Å²) in [4.78, 5) is 0. The first kappa shape index (κ1) is 15.8. The molecular formula is C19H21N3O3. The Morgan fingerprint density at radius 1 is 1.28 bits per heavy atom. The fourth-order valence-corrected chi connectivity index (χ4v) is 2.92. The Hall–Kier alpha value is -2.73. The molecule has 1 saturated heterocycles. The number of H-pyrrole nitrogens is 1. The molecule has 3 aromatic rings. The molecule has 0 amide bonds. The van der Waals surface area contributed by atoms with Gasteiger partial charge in [0.2, 0.25) is 0 Å². The van der Waals surface area contributed by atoms with Crippen molar-refractivity contribution >= 4 is 5.69 Å². The Labute approximate surface area is 146 Å². The number of aryl methyl sites for hydroxylation is 1. The smallest absolute Gasteiger partial charge is 0.152 e. The van der Waals surface area contributed by atoms with E-state index >= 15 is 0 Å². The highest BCUT2D eigenvalue weighted by atomic mass is 16.5. The molecule has 1 aromatic carbocycles. The van der Waals surface area contributed by atoms with E-state index in [1.807, 2.05) is 49.5 Å². The lowest BCUT2D eigenvalue weighted by Crippen LogP contribution is -2.16. The molecule has 0 unspecified atom stereocenters. The molecule has 0 aliphatic carbocycles. The summed E-state index contributed by atoms with van der Waals surface area (Å²) in [5.41, 5.74) is 2.88. The van der Waals surface area contributed by atoms with Crippen molar-refractivity contribution in [3.63, 3.8) is 0 Å². The van der Waals surface area contributed by atoms with Gasteiger partial charge in [-0.1, -0.05) is 12.1 Å². The minimum Gasteiger partial charge on any atom is -0.486 e. The molecule has 0 spiro atoms. The molecular weight excluding hydrogens is 318 g/mol. The van der Waals surface area contributed by atoms with Crippen molar-refractivity contribution in [1.29, 1.82) is 0 Å². The topological polar surface area (TPSA) is 72.3 Å². The van der Waals surface area contributed by atoms with E-state index in [0.717, 1.165) is 47.2 Å². The molecule has 6 nitrogen and oxygen atoms in total. The fraction of sp³-hybridized carbons (Fsp3) is 0.316. The molecule has 1 atom stereocenters. The summed E-state index contributed by atoms with van der Waals surface area (Å²) in [7, 11) is 0. The maximum Gasteiger partial charge on any atom is 0.152 e. The van der Waals surface area contributed by atoms with Crippen molar-refractivity contribution in [1.82, 2.24) is 10.2 Å². The van der Waals surface area contributed by atoms with Crippen LogP contribution in [0, 0.1) is 6.92 Å². The molecule has 6 heteroatoms. The molecule has 0 saturated carbocycles. The molecule has 1 fully saturated rings. The van der Waals surface area contributed by atoms with Gasteiger partial charge in [-0.15, -0.1) is 0 Å². The monoisotopic (exact) mass is 339 g/mol. The minimum absolute atomic E-state index is 0.124. The highest BCUT2D eigenvalue weighted by Gasteiger charge is 2.18. The Morgan fingerprint density at radius 2 is 2.20 bits per heavy atom. The third-order valence-electron chi connectivity index (χ3n) is 4.24. The van der Waals surface area contributed by atoms with Crippen molar-refractivity contribution < 1.29 is 13.9 Å². The second kappa shape index (κ2) is 7.03.